The highest BCUT2D eigenvalue weighted by molar-refractivity contribution is 6.32. The summed E-state index contributed by atoms with van der Waals surface area (Å²) in [6, 6.07) is 4.52. The third-order valence-corrected chi connectivity index (χ3v) is 2.57. The molecule has 1 aromatic carbocycles. The van der Waals surface area contributed by atoms with Crippen LogP contribution in [0.4, 0.5) is 4.39 Å². The smallest absolute Gasteiger partial charge is 0.150 e. The van der Waals surface area contributed by atoms with Crippen molar-refractivity contribution in [3.63, 3.8) is 0 Å². The first-order chi connectivity index (χ1) is 7.59. The van der Waals surface area contributed by atoms with E-state index in [1.54, 1.807) is 18.3 Å². The van der Waals surface area contributed by atoms with Crippen molar-refractivity contribution in [3.8, 4) is 5.69 Å². The Balaban J connectivity index is 2.50. The molecule has 0 radical (unpaired) electrons. The highest BCUT2D eigenvalue weighted by Gasteiger charge is 2.12. The molecule has 0 amide bonds. The number of halogens is 2. The van der Waals surface area contributed by atoms with Gasteiger partial charge in [-0.2, -0.15) is 0 Å². The second kappa shape index (κ2) is 4.22. The summed E-state index contributed by atoms with van der Waals surface area (Å²) in [5.41, 5.74) is 1.04. The minimum Gasteiger partial charge on any atom is -0.216 e. The molecule has 0 aliphatic heterocycles. The largest absolute Gasteiger partial charge is 0.216 e. The van der Waals surface area contributed by atoms with E-state index >= 15 is 0 Å². The van der Waals surface area contributed by atoms with E-state index < -0.39 is 5.82 Å². The van der Waals surface area contributed by atoms with E-state index in [9.17, 15) is 4.39 Å². The molecule has 5 heteroatoms. The Morgan fingerprint density at radius 2 is 2.12 bits per heavy atom. The second-order valence-electron chi connectivity index (χ2n) is 3.81. The highest BCUT2D eigenvalue weighted by Crippen LogP contribution is 2.23. The van der Waals surface area contributed by atoms with Crippen molar-refractivity contribution in [1.82, 2.24) is 15.0 Å². The topological polar surface area (TPSA) is 30.7 Å². The van der Waals surface area contributed by atoms with E-state index in [1.807, 2.05) is 13.8 Å². The Labute approximate surface area is 97.8 Å². The molecule has 16 heavy (non-hydrogen) atoms. The van der Waals surface area contributed by atoms with Gasteiger partial charge in [0, 0.05) is 0 Å². The van der Waals surface area contributed by atoms with E-state index in [1.165, 1.54) is 10.7 Å². The average Bonchev–Trinajstić information content (AvgIpc) is 2.66. The van der Waals surface area contributed by atoms with E-state index in [-0.39, 0.29) is 11.6 Å². The van der Waals surface area contributed by atoms with Crippen molar-refractivity contribution in [1.29, 1.82) is 0 Å². The average molecular weight is 240 g/mol. The summed E-state index contributed by atoms with van der Waals surface area (Å²) in [5.74, 6) is -0.160. The van der Waals surface area contributed by atoms with Crippen molar-refractivity contribution >= 4 is 11.6 Å². The number of benzene rings is 1. The maximum absolute atomic E-state index is 13.6. The van der Waals surface area contributed by atoms with Gasteiger partial charge in [-0.3, -0.25) is 0 Å². The zero-order valence-electron chi connectivity index (χ0n) is 8.98. The first kappa shape index (κ1) is 11.1. The van der Waals surface area contributed by atoms with Crippen molar-refractivity contribution < 1.29 is 4.39 Å². The van der Waals surface area contributed by atoms with Gasteiger partial charge in [0.25, 0.3) is 0 Å². The Hall–Kier alpha value is -1.42. The predicted molar refractivity (Wildman–Crippen MR) is 60.4 cm³/mol. The molecule has 1 aromatic heterocycles. The van der Waals surface area contributed by atoms with Crippen LogP contribution in [0.15, 0.2) is 24.4 Å². The highest BCUT2D eigenvalue weighted by atomic mass is 35.5. The van der Waals surface area contributed by atoms with Gasteiger partial charge in [0.1, 0.15) is 11.5 Å². The van der Waals surface area contributed by atoms with Crippen LogP contribution in [0.3, 0.4) is 0 Å². The fraction of sp³-hybridized carbons (Fsp3) is 0.273. The summed E-state index contributed by atoms with van der Waals surface area (Å²) in [6.07, 6.45) is 1.69. The third kappa shape index (κ3) is 1.93. The minimum atomic E-state index is -0.410. The second-order valence-corrected chi connectivity index (χ2v) is 4.22. The van der Waals surface area contributed by atoms with Crippen LogP contribution in [0.25, 0.3) is 5.69 Å². The SMILES string of the molecule is CC(C)c1cn(-c2c(F)cccc2Cl)nn1. The van der Waals surface area contributed by atoms with E-state index in [4.69, 9.17) is 11.6 Å². The van der Waals surface area contributed by atoms with Crippen molar-refractivity contribution in [2.75, 3.05) is 0 Å². The first-order valence-corrected chi connectivity index (χ1v) is 5.34. The van der Waals surface area contributed by atoms with Gasteiger partial charge >= 0.3 is 0 Å². The van der Waals surface area contributed by atoms with Gasteiger partial charge in [-0.05, 0) is 18.1 Å². The van der Waals surface area contributed by atoms with E-state index in [0.29, 0.717) is 5.02 Å². The fourth-order valence-corrected chi connectivity index (χ4v) is 1.61. The molecule has 1 heterocycles. The Kier molecular flexibility index (Phi) is 2.92. The van der Waals surface area contributed by atoms with E-state index in [0.717, 1.165) is 5.69 Å². The van der Waals surface area contributed by atoms with Gasteiger partial charge < -0.3 is 0 Å². The van der Waals surface area contributed by atoms with Crippen molar-refractivity contribution in [3.05, 3.63) is 40.9 Å². The van der Waals surface area contributed by atoms with Crippen molar-refractivity contribution in [2.45, 2.75) is 19.8 Å². The summed E-state index contributed by atoms with van der Waals surface area (Å²) < 4.78 is 14.9. The summed E-state index contributed by atoms with van der Waals surface area (Å²) in [6.45, 7) is 3.99. The molecule has 0 saturated carbocycles. The summed E-state index contributed by atoms with van der Waals surface area (Å²) >= 11 is 5.92. The lowest BCUT2D eigenvalue weighted by atomic mass is 10.2. The van der Waals surface area contributed by atoms with Crippen LogP contribution in [0.2, 0.25) is 5.02 Å². The van der Waals surface area contributed by atoms with Crippen LogP contribution in [0, 0.1) is 5.82 Å². The monoisotopic (exact) mass is 239 g/mol. The Morgan fingerprint density at radius 1 is 1.38 bits per heavy atom. The van der Waals surface area contributed by atoms with Gasteiger partial charge in [0.2, 0.25) is 0 Å². The van der Waals surface area contributed by atoms with Crippen LogP contribution >= 0.6 is 11.6 Å². The molecule has 0 atom stereocenters. The van der Waals surface area contributed by atoms with Crippen LogP contribution in [0.5, 0.6) is 0 Å². The number of aromatic nitrogens is 3. The summed E-state index contributed by atoms with van der Waals surface area (Å²) in [4.78, 5) is 0. The lowest BCUT2D eigenvalue weighted by molar-refractivity contribution is 0.607. The molecule has 0 bridgehead atoms. The molecule has 2 aromatic rings. The molecule has 0 saturated heterocycles. The van der Waals surface area contributed by atoms with Gasteiger partial charge in [0.05, 0.1) is 16.9 Å². The first-order valence-electron chi connectivity index (χ1n) is 4.96. The van der Waals surface area contributed by atoms with Gasteiger partial charge in [-0.15, -0.1) is 5.10 Å². The maximum Gasteiger partial charge on any atom is 0.150 e. The number of rotatable bonds is 2. The molecule has 0 spiro atoms. The number of nitrogens with zero attached hydrogens (tertiary/aromatic N) is 3. The Morgan fingerprint density at radius 3 is 2.69 bits per heavy atom. The lowest BCUT2D eigenvalue weighted by Gasteiger charge is -2.03. The molecule has 0 unspecified atom stereocenters. The molecule has 3 nitrogen and oxygen atoms in total. The number of hydrogen-bond donors (Lipinski definition) is 0. The molecule has 0 fully saturated rings. The number of hydrogen-bond acceptors (Lipinski definition) is 2. The molecule has 0 aliphatic carbocycles. The molecule has 2 rings (SSSR count). The van der Waals surface area contributed by atoms with E-state index in [2.05, 4.69) is 10.3 Å². The number of para-hydroxylation sites is 1. The molecule has 0 aliphatic rings. The zero-order chi connectivity index (χ0) is 11.7. The normalized spacial score (nSPS) is 11.1. The summed E-state index contributed by atoms with van der Waals surface area (Å²) in [5, 5.41) is 8.15. The quantitative estimate of drug-likeness (QED) is 0.806. The molecule has 0 N–H and O–H groups in total. The standard InChI is InChI=1S/C11H11ClFN3/c1-7(2)10-6-16(15-14-10)11-8(12)4-3-5-9(11)13/h3-7H,1-2H3. The molecular formula is C11H11ClFN3. The molecular weight excluding hydrogens is 229 g/mol. The van der Waals surface area contributed by atoms with Gasteiger partial charge in [-0.1, -0.05) is 36.7 Å². The minimum absolute atomic E-state index is 0.239. The Bertz CT molecular complexity index is 487. The van der Waals surface area contributed by atoms with Crippen LogP contribution in [-0.2, 0) is 0 Å². The van der Waals surface area contributed by atoms with Crippen molar-refractivity contribution in [2.24, 2.45) is 0 Å². The zero-order valence-corrected chi connectivity index (χ0v) is 9.74. The summed E-state index contributed by atoms with van der Waals surface area (Å²) in [7, 11) is 0. The van der Waals surface area contributed by atoms with Crippen LogP contribution in [0.1, 0.15) is 25.5 Å². The maximum atomic E-state index is 13.6. The van der Waals surface area contributed by atoms with Crippen LogP contribution in [-0.4, -0.2) is 15.0 Å². The molecule has 84 valence electrons. The van der Waals surface area contributed by atoms with Gasteiger partial charge in [0.15, 0.2) is 0 Å². The predicted octanol–water partition coefficient (Wildman–Crippen LogP) is 3.18. The lowest BCUT2D eigenvalue weighted by Crippen LogP contribution is -1.99. The van der Waals surface area contributed by atoms with Crippen LogP contribution < -0.4 is 0 Å². The third-order valence-electron chi connectivity index (χ3n) is 2.27. The fourth-order valence-electron chi connectivity index (χ4n) is 1.36. The van der Waals surface area contributed by atoms with Gasteiger partial charge in [-0.25, -0.2) is 9.07 Å².